The first-order valence-corrected chi connectivity index (χ1v) is 21.8. The normalized spacial score (nSPS) is 23.3. The third kappa shape index (κ3) is 8.22. The van der Waals surface area contributed by atoms with E-state index in [1.54, 1.807) is 36.5 Å². The van der Waals surface area contributed by atoms with Crippen molar-refractivity contribution < 1.29 is 53.2 Å². The minimum atomic E-state index is -5.21. The Kier molecular flexibility index (Phi) is 12.2. The topological polar surface area (TPSA) is 52.6 Å². The van der Waals surface area contributed by atoms with Crippen molar-refractivity contribution in [2.75, 3.05) is 0 Å². The molecule has 9 heteroatoms. The van der Waals surface area contributed by atoms with Crippen LogP contribution in [0.25, 0.3) is 0 Å². The Bertz CT molecular complexity index is 1620. The van der Waals surface area contributed by atoms with Crippen molar-refractivity contribution in [1.29, 1.82) is 0 Å². The Hall–Kier alpha value is -3.23. The van der Waals surface area contributed by atoms with Gasteiger partial charge in [0.25, 0.3) is 0 Å². The van der Waals surface area contributed by atoms with E-state index in [-0.39, 0.29) is 25.7 Å². The van der Waals surface area contributed by atoms with Gasteiger partial charge in [-0.2, -0.15) is 0 Å². The van der Waals surface area contributed by atoms with Crippen LogP contribution in [0.5, 0.6) is 11.5 Å². The molecule has 51 heavy (non-hydrogen) atoms. The Morgan fingerprint density at radius 3 is 1.37 bits per heavy atom. The van der Waals surface area contributed by atoms with Crippen LogP contribution < -0.4 is 17.2 Å². The number of allylic oxidation sites excluding steroid dienone is 8. The molecule has 4 nitrogen and oxygen atoms in total. The molecule has 2 aromatic carbocycles. The summed E-state index contributed by atoms with van der Waals surface area (Å²) >= 11 is -5.21. The van der Waals surface area contributed by atoms with Gasteiger partial charge in [0.1, 0.15) is 0 Å². The summed E-state index contributed by atoms with van der Waals surface area (Å²) in [6.07, 6.45) is 20.7. The third-order valence-corrected chi connectivity index (χ3v) is 19.5. The maximum absolute atomic E-state index is 17.0. The van der Waals surface area contributed by atoms with Crippen LogP contribution in [-0.2, 0) is 26.2 Å². The summed E-state index contributed by atoms with van der Waals surface area (Å²) in [5.41, 5.74) is 0. The first-order chi connectivity index (χ1) is 24.6. The summed E-state index contributed by atoms with van der Waals surface area (Å²) in [7, 11) is 0. The van der Waals surface area contributed by atoms with Gasteiger partial charge < -0.3 is 0 Å². The van der Waals surface area contributed by atoms with Crippen LogP contribution in [0.3, 0.4) is 0 Å². The number of hydrogen-bond acceptors (Lipinski definition) is 4. The quantitative estimate of drug-likeness (QED) is 0.0942. The van der Waals surface area contributed by atoms with Crippen molar-refractivity contribution in [3.05, 3.63) is 91.7 Å². The fourth-order valence-corrected chi connectivity index (χ4v) is 16.8. The molecule has 0 radical (unpaired) electrons. The van der Waals surface area contributed by atoms with Gasteiger partial charge in [-0.1, -0.05) is 0 Å². The molecule has 4 aliphatic rings. The first-order valence-electron chi connectivity index (χ1n) is 18.7. The molecule has 0 unspecified atom stereocenters. The van der Waals surface area contributed by atoms with E-state index in [0.29, 0.717) is 44.3 Å². The standard InChI is InChI=1S/2C16H19F2O2.2C5H5.Ti/c2*1-11-2-4-12(5-3-11)6-9-16(19)20-15-8-7-13(17)10-14(15)18;2*1-2-4-5-3-1;/h2*7-8,11-12H,2-6,9H2,1H3;2*1-3H,4H2;. The molecule has 0 aromatic heterocycles. The Labute approximate surface area is 302 Å². The van der Waals surface area contributed by atoms with E-state index in [0.717, 1.165) is 75.6 Å². The second kappa shape index (κ2) is 16.6. The van der Waals surface area contributed by atoms with Crippen molar-refractivity contribution in [1.82, 2.24) is 0 Å². The van der Waals surface area contributed by atoms with Crippen LogP contribution in [0.1, 0.15) is 104 Å². The predicted octanol–water partition coefficient (Wildman–Crippen LogP) is 10.1. The van der Waals surface area contributed by atoms with Crippen LogP contribution in [0.15, 0.2) is 68.5 Å². The van der Waals surface area contributed by atoms with E-state index in [1.807, 2.05) is 0 Å². The number of rotatable bonds is 12. The molecule has 0 N–H and O–H groups in total. The summed E-state index contributed by atoms with van der Waals surface area (Å²) in [6, 6.07) is 4.17. The van der Waals surface area contributed by atoms with Crippen molar-refractivity contribution in [2.24, 2.45) is 23.7 Å². The summed E-state index contributed by atoms with van der Waals surface area (Å²) in [5, 5.41) is 0. The molecule has 0 heterocycles. The molecule has 2 aromatic rings. The van der Waals surface area contributed by atoms with E-state index in [9.17, 15) is 9.59 Å². The molecule has 0 bridgehead atoms. The molecule has 272 valence electrons. The molecule has 0 atom stereocenters. The zero-order valence-electron chi connectivity index (χ0n) is 29.6. The molecule has 0 amide bonds. The zero-order chi connectivity index (χ0) is 36.1. The van der Waals surface area contributed by atoms with Crippen molar-refractivity contribution >= 4 is 19.7 Å². The fraction of sp³-hybridized carbons (Fsp3) is 0.476. The van der Waals surface area contributed by atoms with E-state index in [1.165, 1.54) is 0 Å². The second-order valence-electron chi connectivity index (χ2n) is 15.1. The van der Waals surface area contributed by atoms with Crippen LogP contribution in [0, 0.1) is 46.9 Å². The third-order valence-electron chi connectivity index (χ3n) is 11.6. The van der Waals surface area contributed by atoms with Crippen molar-refractivity contribution in [3.63, 3.8) is 0 Å². The predicted molar refractivity (Wildman–Crippen MR) is 188 cm³/mol. The number of carbonyl (C=O) groups is 2. The molecular weight excluding hydrogens is 692 g/mol. The van der Waals surface area contributed by atoms with Gasteiger partial charge in [0.05, 0.1) is 0 Å². The minimum absolute atomic E-state index is 0.0818. The summed E-state index contributed by atoms with van der Waals surface area (Å²) in [5.74, 6) is -4.35. The molecule has 2 fully saturated rings. The van der Waals surface area contributed by atoms with Crippen LogP contribution >= 0.6 is 0 Å². The Morgan fingerprint density at radius 2 is 1.02 bits per heavy atom. The van der Waals surface area contributed by atoms with E-state index in [4.69, 9.17) is 9.47 Å². The Morgan fingerprint density at radius 1 is 0.627 bits per heavy atom. The average Bonchev–Trinajstić information content (AvgIpc) is 3.86. The van der Waals surface area contributed by atoms with Crippen molar-refractivity contribution in [2.45, 2.75) is 104 Å². The summed E-state index contributed by atoms with van der Waals surface area (Å²) in [6.45, 7) is 4.44. The zero-order valence-corrected chi connectivity index (χ0v) is 31.2. The van der Waals surface area contributed by atoms with Gasteiger partial charge >= 0.3 is 304 Å². The molecule has 6 rings (SSSR count). The number of halogens is 4. The van der Waals surface area contributed by atoms with E-state index < -0.39 is 71.0 Å². The van der Waals surface area contributed by atoms with Gasteiger partial charge in [-0.25, -0.2) is 0 Å². The molecule has 4 aliphatic carbocycles. The molecular formula is C42H48F4O4Ti. The molecule has 0 saturated heterocycles. The molecule has 0 spiro atoms. The maximum atomic E-state index is 17.0. The summed E-state index contributed by atoms with van der Waals surface area (Å²) in [4.78, 5) is 26.1. The van der Waals surface area contributed by atoms with E-state index in [2.05, 4.69) is 13.8 Å². The van der Waals surface area contributed by atoms with Gasteiger partial charge in [-0.3, -0.25) is 0 Å². The van der Waals surface area contributed by atoms with Gasteiger partial charge in [0.2, 0.25) is 0 Å². The van der Waals surface area contributed by atoms with Crippen LogP contribution in [0.4, 0.5) is 17.6 Å². The van der Waals surface area contributed by atoms with Gasteiger partial charge in [-0.05, 0) is 0 Å². The van der Waals surface area contributed by atoms with Crippen LogP contribution in [-0.4, -0.2) is 11.9 Å². The van der Waals surface area contributed by atoms with Gasteiger partial charge in [0.15, 0.2) is 0 Å². The number of ether oxygens (including phenoxy) is 2. The average molecular weight is 741 g/mol. The number of hydrogen-bond donors (Lipinski definition) is 0. The second-order valence-corrected chi connectivity index (χ2v) is 21.1. The van der Waals surface area contributed by atoms with E-state index >= 15 is 17.6 Å². The van der Waals surface area contributed by atoms with Gasteiger partial charge in [0, 0.05) is 0 Å². The number of esters is 2. The van der Waals surface area contributed by atoms with Crippen LogP contribution in [0.2, 0.25) is 0 Å². The number of benzene rings is 2. The summed E-state index contributed by atoms with van der Waals surface area (Å²) < 4.78 is 78.0. The fourth-order valence-electron chi connectivity index (χ4n) is 8.56. The van der Waals surface area contributed by atoms with Crippen molar-refractivity contribution in [3.8, 4) is 11.5 Å². The monoisotopic (exact) mass is 740 g/mol. The molecule has 2 saturated carbocycles. The Balaban J connectivity index is 1.36. The SMILES string of the molecule is CC1CCC(CCC(=O)Oc2ccc(F)[c]([Ti]([C]3=CC=CC3)([C]3=CC=CC3)[c]3c(F)ccc(OC(=O)CCC4CCC(C)CC4)c3F)c2F)CC1. The van der Waals surface area contributed by atoms with Gasteiger partial charge in [-0.15, -0.1) is 0 Å². The number of carbonyl (C=O) groups excluding carboxylic acids is 2. The molecule has 0 aliphatic heterocycles. The first kappa shape index (κ1) is 37.5.